The average Bonchev–Trinajstić information content (AvgIpc) is 3.21. The first-order valence-electron chi connectivity index (χ1n) is 6.80. The van der Waals surface area contributed by atoms with Crippen molar-refractivity contribution < 1.29 is 4.79 Å². The maximum absolute atomic E-state index is 12.0. The molecule has 1 atom stereocenters. The average molecular weight is 325 g/mol. The van der Waals surface area contributed by atoms with Gasteiger partial charge in [-0.05, 0) is 42.9 Å². The van der Waals surface area contributed by atoms with Gasteiger partial charge in [-0.15, -0.1) is 0 Å². The van der Waals surface area contributed by atoms with E-state index in [1.54, 1.807) is 4.90 Å². The Morgan fingerprint density at radius 1 is 1.42 bits per heavy atom. The van der Waals surface area contributed by atoms with Crippen molar-refractivity contribution in [3.05, 3.63) is 34.3 Å². The summed E-state index contributed by atoms with van der Waals surface area (Å²) in [6, 6.07) is 8.28. The molecule has 1 fully saturated rings. The summed E-state index contributed by atoms with van der Waals surface area (Å²) in [4.78, 5) is 13.8. The second-order valence-electron chi connectivity index (χ2n) is 5.40. The fourth-order valence-electron chi connectivity index (χ4n) is 2.12. The Morgan fingerprint density at radius 3 is 2.63 bits per heavy atom. The lowest BCUT2D eigenvalue weighted by atomic mass is 10.1. The van der Waals surface area contributed by atoms with E-state index in [-0.39, 0.29) is 11.9 Å². The van der Waals surface area contributed by atoms with Gasteiger partial charge in [-0.2, -0.15) is 0 Å². The van der Waals surface area contributed by atoms with Gasteiger partial charge >= 0.3 is 0 Å². The van der Waals surface area contributed by atoms with Crippen molar-refractivity contribution in [3.8, 4) is 0 Å². The highest BCUT2D eigenvalue weighted by Crippen LogP contribution is 2.32. The fourth-order valence-corrected chi connectivity index (χ4v) is 2.39. The fraction of sp³-hybridized carbons (Fsp3) is 0.533. The third-order valence-electron chi connectivity index (χ3n) is 3.71. The number of carbonyl (C=O) groups excluding carboxylic acids is 1. The summed E-state index contributed by atoms with van der Waals surface area (Å²) in [6.07, 6.45) is 3.75. The summed E-state index contributed by atoms with van der Waals surface area (Å²) in [5.74, 6) is 0.750. The highest BCUT2D eigenvalue weighted by molar-refractivity contribution is 9.10. The smallest absolute Gasteiger partial charge is 0.223 e. The molecule has 1 saturated carbocycles. The second kappa shape index (κ2) is 6.53. The van der Waals surface area contributed by atoms with Gasteiger partial charge in [0.25, 0.3) is 0 Å². The minimum absolute atomic E-state index is 0.0580. The molecule has 0 unspecified atom stereocenters. The number of halogens is 1. The zero-order chi connectivity index (χ0) is 13.8. The number of rotatable bonds is 6. The van der Waals surface area contributed by atoms with Crippen molar-refractivity contribution in [3.63, 3.8) is 0 Å². The van der Waals surface area contributed by atoms with Gasteiger partial charge in [0.1, 0.15) is 0 Å². The van der Waals surface area contributed by atoms with E-state index < -0.39 is 0 Å². The number of carbonyl (C=O) groups is 1. The van der Waals surface area contributed by atoms with Gasteiger partial charge in [-0.3, -0.25) is 4.79 Å². The molecule has 1 aromatic carbocycles. The maximum atomic E-state index is 12.0. The van der Waals surface area contributed by atoms with Crippen molar-refractivity contribution in [2.45, 2.75) is 31.7 Å². The Morgan fingerprint density at radius 2 is 2.05 bits per heavy atom. The standard InChI is InChI=1S/C15H21BrN2O/c1-18(15(19)10-14(17)12-4-5-12)9-8-11-2-6-13(16)7-3-11/h2-3,6-7,12,14H,4-5,8-10,17H2,1H3/t14-/m1/s1. The van der Waals surface area contributed by atoms with Crippen LogP contribution in [0.25, 0.3) is 0 Å². The van der Waals surface area contributed by atoms with Crippen LogP contribution in [0.15, 0.2) is 28.7 Å². The maximum Gasteiger partial charge on any atom is 0.223 e. The summed E-state index contributed by atoms with van der Waals surface area (Å²) >= 11 is 3.42. The van der Waals surface area contributed by atoms with Crippen LogP contribution in [-0.4, -0.2) is 30.4 Å². The molecular weight excluding hydrogens is 304 g/mol. The SMILES string of the molecule is CN(CCc1ccc(Br)cc1)C(=O)C[C@@H](N)C1CC1. The number of nitrogens with zero attached hydrogens (tertiary/aromatic N) is 1. The highest BCUT2D eigenvalue weighted by atomic mass is 79.9. The monoisotopic (exact) mass is 324 g/mol. The van der Waals surface area contributed by atoms with Crippen LogP contribution in [0.2, 0.25) is 0 Å². The molecule has 19 heavy (non-hydrogen) atoms. The molecule has 1 amide bonds. The van der Waals surface area contributed by atoms with E-state index in [1.807, 2.05) is 19.2 Å². The third kappa shape index (κ3) is 4.62. The Hall–Kier alpha value is -0.870. The van der Waals surface area contributed by atoms with E-state index in [1.165, 1.54) is 18.4 Å². The normalized spacial score (nSPS) is 16.2. The van der Waals surface area contributed by atoms with Crippen molar-refractivity contribution in [2.24, 2.45) is 11.7 Å². The van der Waals surface area contributed by atoms with E-state index in [2.05, 4.69) is 28.1 Å². The Kier molecular flexibility index (Phi) is 4.99. The molecule has 0 aliphatic heterocycles. The third-order valence-corrected chi connectivity index (χ3v) is 4.24. The summed E-state index contributed by atoms with van der Waals surface area (Å²) in [7, 11) is 1.86. The predicted molar refractivity (Wildman–Crippen MR) is 80.8 cm³/mol. The molecule has 1 aliphatic rings. The first-order chi connectivity index (χ1) is 9.06. The first kappa shape index (κ1) is 14.5. The highest BCUT2D eigenvalue weighted by Gasteiger charge is 2.30. The zero-order valence-corrected chi connectivity index (χ0v) is 12.9. The lowest BCUT2D eigenvalue weighted by molar-refractivity contribution is -0.130. The van der Waals surface area contributed by atoms with Gasteiger partial charge in [0, 0.05) is 30.5 Å². The number of hydrogen-bond acceptors (Lipinski definition) is 2. The molecule has 2 rings (SSSR count). The molecule has 0 spiro atoms. The number of likely N-dealkylation sites (N-methyl/N-ethyl adjacent to an activating group) is 1. The van der Waals surface area contributed by atoms with Gasteiger partial charge in [0.2, 0.25) is 5.91 Å². The zero-order valence-electron chi connectivity index (χ0n) is 11.3. The molecule has 1 aromatic rings. The van der Waals surface area contributed by atoms with Crippen LogP contribution in [0.4, 0.5) is 0 Å². The van der Waals surface area contributed by atoms with E-state index in [0.29, 0.717) is 12.3 Å². The molecular formula is C15H21BrN2O. The second-order valence-corrected chi connectivity index (χ2v) is 6.31. The van der Waals surface area contributed by atoms with Gasteiger partial charge in [-0.1, -0.05) is 28.1 Å². The summed E-state index contributed by atoms with van der Waals surface area (Å²) in [5, 5.41) is 0. The van der Waals surface area contributed by atoms with Crippen LogP contribution in [-0.2, 0) is 11.2 Å². The summed E-state index contributed by atoms with van der Waals surface area (Å²) in [5.41, 5.74) is 7.23. The minimum Gasteiger partial charge on any atom is -0.345 e. The van der Waals surface area contributed by atoms with Crippen molar-refractivity contribution in [1.82, 2.24) is 4.90 Å². The van der Waals surface area contributed by atoms with Gasteiger partial charge < -0.3 is 10.6 Å². The van der Waals surface area contributed by atoms with Crippen molar-refractivity contribution in [1.29, 1.82) is 0 Å². The number of amides is 1. The molecule has 0 bridgehead atoms. The molecule has 104 valence electrons. The van der Waals surface area contributed by atoms with Crippen LogP contribution in [0.3, 0.4) is 0 Å². The molecule has 0 radical (unpaired) electrons. The molecule has 3 nitrogen and oxygen atoms in total. The molecule has 0 heterocycles. The van der Waals surface area contributed by atoms with Crippen LogP contribution in [0.1, 0.15) is 24.8 Å². The van der Waals surface area contributed by atoms with Crippen LogP contribution in [0, 0.1) is 5.92 Å². The quantitative estimate of drug-likeness (QED) is 0.874. The van der Waals surface area contributed by atoms with Crippen LogP contribution < -0.4 is 5.73 Å². The number of benzene rings is 1. The summed E-state index contributed by atoms with van der Waals surface area (Å²) in [6.45, 7) is 0.748. The van der Waals surface area contributed by atoms with Crippen molar-refractivity contribution >= 4 is 21.8 Å². The Labute approximate surface area is 123 Å². The van der Waals surface area contributed by atoms with E-state index in [0.717, 1.165) is 17.4 Å². The Balaban J connectivity index is 1.75. The lowest BCUT2D eigenvalue weighted by Crippen LogP contribution is -2.35. The van der Waals surface area contributed by atoms with E-state index in [4.69, 9.17) is 5.73 Å². The number of hydrogen-bond donors (Lipinski definition) is 1. The Bertz CT molecular complexity index is 428. The van der Waals surface area contributed by atoms with E-state index >= 15 is 0 Å². The predicted octanol–water partition coefficient (Wildman–Crippen LogP) is 2.58. The van der Waals surface area contributed by atoms with Gasteiger partial charge in [0.05, 0.1) is 0 Å². The van der Waals surface area contributed by atoms with Gasteiger partial charge in [-0.25, -0.2) is 0 Å². The molecule has 0 aromatic heterocycles. The largest absolute Gasteiger partial charge is 0.345 e. The van der Waals surface area contributed by atoms with Crippen LogP contribution in [0.5, 0.6) is 0 Å². The molecule has 1 aliphatic carbocycles. The topological polar surface area (TPSA) is 46.3 Å². The van der Waals surface area contributed by atoms with Crippen LogP contribution >= 0.6 is 15.9 Å². The summed E-state index contributed by atoms with van der Waals surface area (Å²) < 4.78 is 1.08. The lowest BCUT2D eigenvalue weighted by Gasteiger charge is -2.19. The van der Waals surface area contributed by atoms with E-state index in [9.17, 15) is 4.79 Å². The van der Waals surface area contributed by atoms with Crippen molar-refractivity contribution in [2.75, 3.05) is 13.6 Å². The minimum atomic E-state index is 0.0580. The molecule has 0 saturated heterocycles. The molecule has 4 heteroatoms. The van der Waals surface area contributed by atoms with Gasteiger partial charge in [0.15, 0.2) is 0 Å². The molecule has 2 N–H and O–H groups in total. The number of nitrogens with two attached hydrogens (primary N) is 1. The first-order valence-corrected chi connectivity index (χ1v) is 7.59.